The molecule has 0 aromatic heterocycles. The zero-order chi connectivity index (χ0) is 14.9. The van der Waals surface area contributed by atoms with Crippen molar-refractivity contribution in [1.82, 2.24) is 0 Å². The van der Waals surface area contributed by atoms with Crippen LogP contribution in [0.5, 0.6) is 0 Å². The van der Waals surface area contributed by atoms with Gasteiger partial charge in [-0.1, -0.05) is 35.3 Å². The molecule has 20 heavy (non-hydrogen) atoms. The van der Waals surface area contributed by atoms with Crippen molar-refractivity contribution in [2.24, 2.45) is 0 Å². The molecule has 0 unspecified atom stereocenters. The fourth-order valence-electron chi connectivity index (χ4n) is 1.83. The van der Waals surface area contributed by atoms with Gasteiger partial charge < -0.3 is 16.2 Å². The van der Waals surface area contributed by atoms with Crippen LogP contribution in [-0.2, 0) is 0 Å². The first-order valence-electron chi connectivity index (χ1n) is 5.56. The van der Waals surface area contributed by atoms with E-state index in [1.54, 1.807) is 18.2 Å². The molecule has 4 nitrogen and oxygen atoms in total. The summed E-state index contributed by atoms with van der Waals surface area (Å²) >= 11 is 11.9. The van der Waals surface area contributed by atoms with Gasteiger partial charge in [-0.15, -0.1) is 0 Å². The lowest BCUT2D eigenvalue weighted by atomic mass is 10.0. The van der Waals surface area contributed by atoms with Gasteiger partial charge >= 0.3 is 5.97 Å². The molecule has 0 spiro atoms. The Labute approximate surface area is 125 Å². The summed E-state index contributed by atoms with van der Waals surface area (Å²) in [6.07, 6.45) is 1.16. The van der Waals surface area contributed by atoms with Crippen molar-refractivity contribution in [2.75, 3.05) is 5.73 Å². The van der Waals surface area contributed by atoms with Crippen molar-refractivity contribution in [1.29, 1.82) is 5.41 Å². The van der Waals surface area contributed by atoms with Gasteiger partial charge in [-0.25, -0.2) is 4.79 Å². The standard InChI is InChI=1S/C14H10Cl2N2O2/c15-10-3-9(4-11(16)13(10)14(19)20)7-1-2-8(6-17)12(18)5-7/h1-6,17H,18H2,(H,19,20). The molecule has 2 aromatic rings. The Morgan fingerprint density at radius 2 is 1.75 bits per heavy atom. The zero-order valence-electron chi connectivity index (χ0n) is 10.2. The van der Waals surface area contributed by atoms with E-state index in [4.69, 9.17) is 39.5 Å². The third-order valence-electron chi connectivity index (χ3n) is 2.83. The van der Waals surface area contributed by atoms with Gasteiger partial charge in [0.1, 0.15) is 0 Å². The number of carboxylic acids is 1. The monoisotopic (exact) mass is 308 g/mol. The molecule has 0 fully saturated rings. The number of rotatable bonds is 3. The number of hydrogen-bond donors (Lipinski definition) is 3. The second-order valence-corrected chi connectivity index (χ2v) is 4.92. The Hall–Kier alpha value is -2.04. The van der Waals surface area contributed by atoms with Crippen LogP contribution >= 0.6 is 23.2 Å². The van der Waals surface area contributed by atoms with E-state index in [9.17, 15) is 4.79 Å². The first-order valence-corrected chi connectivity index (χ1v) is 6.32. The van der Waals surface area contributed by atoms with Gasteiger partial charge in [0.2, 0.25) is 0 Å². The molecule has 0 aliphatic carbocycles. The lowest BCUT2D eigenvalue weighted by Crippen LogP contribution is -1.99. The molecular formula is C14H10Cl2N2O2. The maximum atomic E-state index is 11.0. The van der Waals surface area contributed by atoms with E-state index in [0.717, 1.165) is 11.8 Å². The topological polar surface area (TPSA) is 87.2 Å². The second kappa shape index (κ2) is 5.53. The number of benzene rings is 2. The quantitative estimate of drug-likeness (QED) is 0.593. The molecule has 2 rings (SSSR count). The Kier molecular flexibility index (Phi) is 3.97. The molecule has 102 valence electrons. The largest absolute Gasteiger partial charge is 0.478 e. The van der Waals surface area contributed by atoms with Crippen molar-refractivity contribution in [3.05, 3.63) is 51.5 Å². The molecule has 2 aromatic carbocycles. The van der Waals surface area contributed by atoms with E-state index in [1.165, 1.54) is 12.1 Å². The van der Waals surface area contributed by atoms with E-state index in [1.807, 2.05) is 0 Å². The number of carbonyl (C=O) groups is 1. The highest BCUT2D eigenvalue weighted by Gasteiger charge is 2.15. The number of aromatic carboxylic acids is 1. The Morgan fingerprint density at radius 3 is 2.20 bits per heavy atom. The van der Waals surface area contributed by atoms with Crippen LogP contribution in [0.25, 0.3) is 11.1 Å². The van der Waals surface area contributed by atoms with Crippen LogP contribution in [-0.4, -0.2) is 17.3 Å². The summed E-state index contributed by atoms with van der Waals surface area (Å²) in [5.41, 5.74) is 8.15. The molecule has 0 aliphatic rings. The molecular weight excluding hydrogens is 299 g/mol. The van der Waals surface area contributed by atoms with Crippen LogP contribution in [0, 0.1) is 5.41 Å². The summed E-state index contributed by atoms with van der Waals surface area (Å²) in [6, 6.07) is 8.19. The van der Waals surface area contributed by atoms with E-state index in [0.29, 0.717) is 16.8 Å². The second-order valence-electron chi connectivity index (χ2n) is 4.11. The zero-order valence-corrected chi connectivity index (χ0v) is 11.7. The lowest BCUT2D eigenvalue weighted by Gasteiger charge is -2.09. The maximum absolute atomic E-state index is 11.0. The van der Waals surface area contributed by atoms with Crippen LogP contribution in [0.2, 0.25) is 10.0 Å². The minimum absolute atomic E-state index is 0.0645. The third kappa shape index (κ3) is 2.61. The van der Waals surface area contributed by atoms with Gasteiger partial charge in [-0.05, 0) is 29.3 Å². The third-order valence-corrected chi connectivity index (χ3v) is 3.43. The number of nitrogen functional groups attached to an aromatic ring is 1. The molecule has 0 aliphatic heterocycles. The number of carboxylic acid groups (broad SMARTS) is 1. The average Bonchev–Trinajstić information content (AvgIpc) is 2.37. The number of halogens is 2. The molecule has 0 amide bonds. The van der Waals surface area contributed by atoms with Gasteiger partial charge in [0.15, 0.2) is 0 Å². The molecule has 0 atom stereocenters. The number of hydrogen-bond acceptors (Lipinski definition) is 3. The van der Waals surface area contributed by atoms with Gasteiger partial charge in [0.25, 0.3) is 0 Å². The smallest absolute Gasteiger partial charge is 0.338 e. The van der Waals surface area contributed by atoms with Gasteiger partial charge in [0.05, 0.1) is 15.6 Å². The van der Waals surface area contributed by atoms with Crippen LogP contribution in [0.15, 0.2) is 30.3 Å². The van der Waals surface area contributed by atoms with Crippen molar-refractivity contribution < 1.29 is 9.90 Å². The normalized spacial score (nSPS) is 10.3. The number of nitrogens with one attached hydrogen (secondary N) is 1. The Bertz CT molecular complexity index is 691. The number of anilines is 1. The Morgan fingerprint density at radius 1 is 1.15 bits per heavy atom. The van der Waals surface area contributed by atoms with Gasteiger partial charge in [-0.3, -0.25) is 0 Å². The molecule has 0 radical (unpaired) electrons. The van der Waals surface area contributed by atoms with Gasteiger partial charge in [0, 0.05) is 17.5 Å². The average molecular weight is 309 g/mol. The summed E-state index contributed by atoms with van der Waals surface area (Å²) in [7, 11) is 0. The predicted molar refractivity (Wildman–Crippen MR) is 81.2 cm³/mol. The fourth-order valence-corrected chi connectivity index (χ4v) is 2.48. The van der Waals surface area contributed by atoms with Crippen LogP contribution in [0.4, 0.5) is 5.69 Å². The summed E-state index contributed by atoms with van der Waals surface area (Å²) < 4.78 is 0. The SMILES string of the molecule is N=Cc1ccc(-c2cc(Cl)c(C(=O)O)c(Cl)c2)cc1N. The van der Waals surface area contributed by atoms with Crippen molar-refractivity contribution in [2.45, 2.75) is 0 Å². The molecule has 6 heteroatoms. The highest BCUT2D eigenvalue weighted by atomic mass is 35.5. The minimum atomic E-state index is -1.18. The lowest BCUT2D eigenvalue weighted by molar-refractivity contribution is 0.0697. The van der Waals surface area contributed by atoms with Crippen LogP contribution in [0.1, 0.15) is 15.9 Å². The summed E-state index contributed by atoms with van der Waals surface area (Å²) in [4.78, 5) is 11.0. The Balaban J connectivity index is 2.57. The number of nitrogens with two attached hydrogens (primary N) is 1. The molecule has 0 bridgehead atoms. The predicted octanol–water partition coefficient (Wildman–Crippen LogP) is 3.94. The van der Waals surface area contributed by atoms with E-state index in [-0.39, 0.29) is 15.6 Å². The highest BCUT2D eigenvalue weighted by molar-refractivity contribution is 6.39. The summed E-state index contributed by atoms with van der Waals surface area (Å²) in [5.74, 6) is -1.18. The molecule has 0 saturated heterocycles. The van der Waals surface area contributed by atoms with Crippen molar-refractivity contribution in [3.63, 3.8) is 0 Å². The van der Waals surface area contributed by atoms with Crippen molar-refractivity contribution in [3.8, 4) is 11.1 Å². The van der Waals surface area contributed by atoms with Crippen LogP contribution < -0.4 is 5.73 Å². The first-order chi connectivity index (χ1) is 9.43. The minimum Gasteiger partial charge on any atom is -0.478 e. The van der Waals surface area contributed by atoms with E-state index < -0.39 is 5.97 Å². The summed E-state index contributed by atoms with van der Waals surface area (Å²) in [6.45, 7) is 0. The molecule has 0 heterocycles. The van der Waals surface area contributed by atoms with E-state index >= 15 is 0 Å². The highest BCUT2D eigenvalue weighted by Crippen LogP contribution is 2.32. The van der Waals surface area contributed by atoms with Crippen molar-refractivity contribution >= 4 is 41.1 Å². The first kappa shape index (κ1) is 14.4. The summed E-state index contributed by atoms with van der Waals surface area (Å²) in [5, 5.41) is 16.3. The maximum Gasteiger partial charge on any atom is 0.338 e. The van der Waals surface area contributed by atoms with E-state index in [2.05, 4.69) is 0 Å². The van der Waals surface area contributed by atoms with Gasteiger partial charge in [-0.2, -0.15) is 0 Å². The fraction of sp³-hybridized carbons (Fsp3) is 0. The van der Waals surface area contributed by atoms with Crippen LogP contribution in [0.3, 0.4) is 0 Å². The molecule has 0 saturated carbocycles. The molecule has 4 N–H and O–H groups in total.